The van der Waals surface area contributed by atoms with Crippen molar-refractivity contribution in [1.82, 2.24) is 9.97 Å². The molecule has 0 spiro atoms. The first kappa shape index (κ1) is 14.1. The van der Waals surface area contributed by atoms with Crippen LogP contribution in [0, 0.1) is 12.8 Å². The van der Waals surface area contributed by atoms with Crippen LogP contribution in [0.5, 0.6) is 0 Å². The average Bonchev–Trinajstić information content (AvgIpc) is 2.53. The molecule has 0 amide bonds. The highest BCUT2D eigenvalue weighted by molar-refractivity contribution is 5.95. The van der Waals surface area contributed by atoms with Gasteiger partial charge in [-0.1, -0.05) is 18.0 Å². The molecule has 6 nitrogen and oxygen atoms in total. The van der Waals surface area contributed by atoms with E-state index in [0.29, 0.717) is 11.7 Å². The molecule has 1 aromatic rings. The molecule has 2 heterocycles. The molecule has 0 radical (unpaired) electrons. The monoisotopic (exact) mass is 289 g/mol. The molecule has 6 heteroatoms. The quantitative estimate of drug-likeness (QED) is 0.376. The first-order valence-electron chi connectivity index (χ1n) is 7.79. The lowest BCUT2D eigenvalue weighted by atomic mass is 9.78. The molecule has 1 aromatic heterocycles. The molecule has 1 aliphatic heterocycles. The Hall–Kier alpha value is -1.85. The van der Waals surface area contributed by atoms with Crippen LogP contribution < -0.4 is 10.6 Å². The highest BCUT2D eigenvalue weighted by Crippen LogP contribution is 2.36. The molecular formula is C15H23N5O. The normalized spacial score (nSPS) is 26.5. The molecule has 1 saturated heterocycles. The SMILES string of the molecule is Cc1cc(/C(N)=N/O)nc(N2CCCC3CCCCC32)n1. The Morgan fingerprint density at radius 1 is 1.29 bits per heavy atom. The van der Waals surface area contributed by atoms with E-state index in [-0.39, 0.29) is 5.84 Å². The number of fused-ring (bicyclic) bond motifs is 1. The van der Waals surface area contributed by atoms with Gasteiger partial charge in [-0.15, -0.1) is 0 Å². The number of oxime groups is 1. The number of rotatable bonds is 2. The van der Waals surface area contributed by atoms with Crippen molar-refractivity contribution in [2.45, 2.75) is 51.5 Å². The topological polar surface area (TPSA) is 87.6 Å². The molecule has 2 unspecified atom stereocenters. The summed E-state index contributed by atoms with van der Waals surface area (Å²) in [6.45, 7) is 2.92. The van der Waals surface area contributed by atoms with E-state index in [1.807, 2.05) is 6.92 Å². The minimum absolute atomic E-state index is 0.0407. The summed E-state index contributed by atoms with van der Waals surface area (Å²) in [7, 11) is 0. The van der Waals surface area contributed by atoms with Gasteiger partial charge in [-0.05, 0) is 44.6 Å². The predicted molar refractivity (Wildman–Crippen MR) is 81.6 cm³/mol. The Kier molecular flexibility index (Phi) is 3.94. The summed E-state index contributed by atoms with van der Waals surface area (Å²) in [4.78, 5) is 11.4. The Balaban J connectivity index is 1.93. The first-order chi connectivity index (χ1) is 10.2. The van der Waals surface area contributed by atoms with Crippen LogP contribution in [0.25, 0.3) is 0 Å². The van der Waals surface area contributed by atoms with Gasteiger partial charge in [0.15, 0.2) is 5.84 Å². The lowest BCUT2D eigenvalue weighted by Crippen LogP contribution is -2.47. The Morgan fingerprint density at radius 2 is 2.05 bits per heavy atom. The van der Waals surface area contributed by atoms with E-state index in [0.717, 1.165) is 24.1 Å². The zero-order chi connectivity index (χ0) is 14.8. The smallest absolute Gasteiger partial charge is 0.226 e. The fourth-order valence-corrected chi connectivity index (χ4v) is 3.74. The second-order valence-electron chi connectivity index (χ2n) is 6.13. The summed E-state index contributed by atoms with van der Waals surface area (Å²) in [5, 5.41) is 11.9. The maximum atomic E-state index is 8.86. The lowest BCUT2D eigenvalue weighted by molar-refractivity contribution is 0.241. The molecule has 0 bridgehead atoms. The van der Waals surface area contributed by atoms with Crippen molar-refractivity contribution < 1.29 is 5.21 Å². The van der Waals surface area contributed by atoms with Crippen molar-refractivity contribution in [2.24, 2.45) is 16.8 Å². The molecule has 2 aliphatic rings. The van der Waals surface area contributed by atoms with Crippen LogP contribution in [0.3, 0.4) is 0 Å². The van der Waals surface area contributed by atoms with E-state index in [2.05, 4.69) is 20.0 Å². The molecule has 0 aromatic carbocycles. The molecule has 1 aliphatic carbocycles. The Morgan fingerprint density at radius 3 is 2.86 bits per heavy atom. The van der Waals surface area contributed by atoms with Crippen LogP contribution in [-0.4, -0.2) is 33.6 Å². The van der Waals surface area contributed by atoms with Crippen LogP contribution in [-0.2, 0) is 0 Å². The molecular weight excluding hydrogens is 266 g/mol. The van der Waals surface area contributed by atoms with Gasteiger partial charge in [-0.25, -0.2) is 9.97 Å². The van der Waals surface area contributed by atoms with Crippen LogP contribution >= 0.6 is 0 Å². The van der Waals surface area contributed by atoms with Gasteiger partial charge in [0.25, 0.3) is 0 Å². The van der Waals surface area contributed by atoms with Gasteiger partial charge < -0.3 is 15.8 Å². The summed E-state index contributed by atoms with van der Waals surface area (Å²) < 4.78 is 0. The number of aromatic nitrogens is 2. The zero-order valence-electron chi connectivity index (χ0n) is 12.5. The molecule has 21 heavy (non-hydrogen) atoms. The Bertz CT molecular complexity index is 543. The van der Waals surface area contributed by atoms with Gasteiger partial charge in [0.05, 0.1) is 0 Å². The van der Waals surface area contributed by atoms with Crippen molar-refractivity contribution in [2.75, 3.05) is 11.4 Å². The predicted octanol–water partition coefficient (Wildman–Crippen LogP) is 2.04. The fraction of sp³-hybridized carbons (Fsp3) is 0.667. The first-order valence-corrected chi connectivity index (χ1v) is 7.79. The second kappa shape index (κ2) is 5.87. The summed E-state index contributed by atoms with van der Waals surface area (Å²) in [5.41, 5.74) is 7.03. The zero-order valence-corrected chi connectivity index (χ0v) is 12.5. The number of hydrogen-bond donors (Lipinski definition) is 2. The van der Waals surface area contributed by atoms with Gasteiger partial charge >= 0.3 is 0 Å². The second-order valence-corrected chi connectivity index (χ2v) is 6.13. The van der Waals surface area contributed by atoms with E-state index >= 15 is 0 Å². The van der Waals surface area contributed by atoms with Gasteiger partial charge in [-0.3, -0.25) is 0 Å². The van der Waals surface area contributed by atoms with Crippen LogP contribution in [0.15, 0.2) is 11.2 Å². The highest BCUT2D eigenvalue weighted by Gasteiger charge is 2.34. The molecule has 3 rings (SSSR count). The fourth-order valence-electron chi connectivity index (χ4n) is 3.74. The minimum Gasteiger partial charge on any atom is -0.409 e. The van der Waals surface area contributed by atoms with Gasteiger partial charge in [-0.2, -0.15) is 0 Å². The van der Waals surface area contributed by atoms with E-state index < -0.39 is 0 Å². The summed E-state index contributed by atoms with van der Waals surface area (Å²) >= 11 is 0. The third-order valence-electron chi connectivity index (χ3n) is 4.71. The average molecular weight is 289 g/mol. The summed E-state index contributed by atoms with van der Waals surface area (Å²) in [6, 6.07) is 2.30. The number of nitrogens with zero attached hydrogens (tertiary/aromatic N) is 4. The van der Waals surface area contributed by atoms with E-state index in [1.54, 1.807) is 6.07 Å². The van der Waals surface area contributed by atoms with Crippen molar-refractivity contribution in [3.8, 4) is 0 Å². The van der Waals surface area contributed by atoms with Crippen LogP contribution in [0.2, 0.25) is 0 Å². The van der Waals surface area contributed by atoms with E-state index in [4.69, 9.17) is 10.9 Å². The van der Waals surface area contributed by atoms with Crippen molar-refractivity contribution >= 4 is 11.8 Å². The number of nitrogens with two attached hydrogens (primary N) is 1. The summed E-state index contributed by atoms with van der Waals surface area (Å²) in [6.07, 6.45) is 7.69. The maximum absolute atomic E-state index is 8.86. The molecule has 114 valence electrons. The van der Waals surface area contributed by atoms with E-state index in [1.165, 1.54) is 38.5 Å². The largest absolute Gasteiger partial charge is 0.409 e. The van der Waals surface area contributed by atoms with E-state index in [9.17, 15) is 0 Å². The number of piperidine rings is 1. The van der Waals surface area contributed by atoms with Gasteiger partial charge in [0.1, 0.15) is 5.69 Å². The maximum Gasteiger partial charge on any atom is 0.226 e. The van der Waals surface area contributed by atoms with Crippen LogP contribution in [0.1, 0.15) is 49.9 Å². The molecule has 2 fully saturated rings. The summed E-state index contributed by atoms with van der Waals surface area (Å²) in [5.74, 6) is 1.54. The third-order valence-corrected chi connectivity index (χ3v) is 4.71. The third kappa shape index (κ3) is 2.80. The highest BCUT2D eigenvalue weighted by atomic mass is 16.4. The van der Waals surface area contributed by atoms with Crippen molar-refractivity contribution in [3.05, 3.63) is 17.5 Å². The standard InChI is InChI=1S/C15H23N5O/c1-10-9-12(14(16)19-21)18-15(17-10)20-8-4-6-11-5-2-3-7-13(11)20/h9,11,13,21H,2-8H2,1H3,(H2,16,19). The number of hydrogen-bond acceptors (Lipinski definition) is 5. The van der Waals surface area contributed by atoms with Crippen LogP contribution in [0.4, 0.5) is 5.95 Å². The Labute approximate surface area is 125 Å². The van der Waals surface area contributed by atoms with Gasteiger partial charge in [0, 0.05) is 18.3 Å². The molecule has 2 atom stereocenters. The lowest BCUT2D eigenvalue weighted by Gasteiger charge is -2.44. The number of amidine groups is 1. The molecule has 1 saturated carbocycles. The number of anilines is 1. The molecule has 3 N–H and O–H groups in total. The van der Waals surface area contributed by atoms with Crippen molar-refractivity contribution in [1.29, 1.82) is 0 Å². The minimum atomic E-state index is 0.0407. The number of aryl methyl sites for hydroxylation is 1. The van der Waals surface area contributed by atoms with Crippen molar-refractivity contribution in [3.63, 3.8) is 0 Å². The van der Waals surface area contributed by atoms with Gasteiger partial charge in [0.2, 0.25) is 5.95 Å².